The number of imidazole rings is 1. The first kappa shape index (κ1) is 16.9. The van der Waals surface area contributed by atoms with Crippen LogP contribution in [-0.4, -0.2) is 38.9 Å². The van der Waals surface area contributed by atoms with Crippen molar-refractivity contribution < 1.29 is 0 Å². The first-order valence-corrected chi connectivity index (χ1v) is 8.08. The zero-order chi connectivity index (χ0) is 15.6. The van der Waals surface area contributed by atoms with Crippen LogP contribution in [0, 0.1) is 5.92 Å². The molecule has 3 aromatic rings. The summed E-state index contributed by atoms with van der Waals surface area (Å²) in [4.78, 5) is 11.0. The van der Waals surface area contributed by atoms with Gasteiger partial charge in [-0.2, -0.15) is 0 Å². The predicted molar refractivity (Wildman–Crippen MR) is 97.2 cm³/mol. The Bertz CT molecular complexity index is 788. The van der Waals surface area contributed by atoms with Crippen LogP contribution < -0.4 is 5.73 Å². The van der Waals surface area contributed by atoms with Crippen LogP contribution in [0.15, 0.2) is 55.1 Å². The molecule has 1 aliphatic heterocycles. The quantitative estimate of drug-likeness (QED) is 0.789. The summed E-state index contributed by atoms with van der Waals surface area (Å²) in [6.07, 6.45) is 7.52. The summed E-state index contributed by atoms with van der Waals surface area (Å²) in [6, 6.07) is 10.7. The van der Waals surface area contributed by atoms with Gasteiger partial charge < -0.3 is 5.73 Å². The van der Waals surface area contributed by atoms with Gasteiger partial charge in [0.05, 0.1) is 18.1 Å². The molecule has 2 atom stereocenters. The Morgan fingerprint density at radius 3 is 2.75 bits per heavy atom. The van der Waals surface area contributed by atoms with Crippen molar-refractivity contribution in [2.24, 2.45) is 11.7 Å². The Hall–Kier alpha value is -1.95. The number of aromatic nitrogens is 3. The van der Waals surface area contributed by atoms with Gasteiger partial charge in [-0.1, -0.05) is 30.3 Å². The predicted octanol–water partition coefficient (Wildman–Crippen LogP) is 2.33. The molecule has 4 rings (SSSR count). The lowest BCUT2D eigenvalue weighted by molar-refractivity contribution is 0.312. The molecule has 0 aliphatic carbocycles. The molecule has 0 radical (unpaired) electrons. The molecule has 1 aromatic carbocycles. The highest BCUT2D eigenvalue weighted by molar-refractivity contribution is 5.85. The van der Waals surface area contributed by atoms with Crippen molar-refractivity contribution in [3.8, 4) is 0 Å². The fourth-order valence-corrected chi connectivity index (χ4v) is 3.65. The van der Waals surface area contributed by atoms with Crippen molar-refractivity contribution in [1.29, 1.82) is 0 Å². The van der Waals surface area contributed by atoms with Crippen LogP contribution in [-0.2, 0) is 6.54 Å². The number of hydrogen-bond donors (Lipinski definition) is 1. The topological polar surface area (TPSA) is 59.5 Å². The van der Waals surface area contributed by atoms with E-state index >= 15 is 0 Å². The fraction of sp³-hybridized carbons (Fsp3) is 0.333. The van der Waals surface area contributed by atoms with E-state index in [1.165, 1.54) is 11.3 Å². The standard InChI is InChI=1S/C18H21N5.ClH/c19-8-15-11-22(13-17(15)14-4-2-1-3-5-14)12-16-9-21-18-10-20-6-7-23(16)18;/h1-7,9-10,15,17H,8,11-13,19H2;1H/t15-,17+;/m1./s1. The molecule has 1 saturated heterocycles. The molecule has 1 fully saturated rings. The fourth-order valence-electron chi connectivity index (χ4n) is 3.65. The van der Waals surface area contributed by atoms with E-state index in [0.29, 0.717) is 11.8 Å². The summed E-state index contributed by atoms with van der Waals surface area (Å²) in [7, 11) is 0. The molecule has 2 aromatic heterocycles. The Labute approximate surface area is 147 Å². The molecule has 0 saturated carbocycles. The number of likely N-dealkylation sites (tertiary alicyclic amines) is 1. The van der Waals surface area contributed by atoms with Crippen molar-refractivity contribution in [2.75, 3.05) is 19.6 Å². The first-order chi connectivity index (χ1) is 11.3. The van der Waals surface area contributed by atoms with Crippen LogP contribution in [0.3, 0.4) is 0 Å². The highest BCUT2D eigenvalue weighted by atomic mass is 35.5. The highest BCUT2D eigenvalue weighted by Crippen LogP contribution is 2.32. The minimum atomic E-state index is 0. The second-order valence-electron chi connectivity index (χ2n) is 6.26. The molecule has 0 unspecified atom stereocenters. The zero-order valence-corrected chi connectivity index (χ0v) is 14.3. The second kappa shape index (κ2) is 7.30. The van der Waals surface area contributed by atoms with Crippen molar-refractivity contribution >= 4 is 18.1 Å². The summed E-state index contributed by atoms with van der Waals surface area (Å²) in [6.45, 7) is 3.71. The van der Waals surface area contributed by atoms with E-state index in [0.717, 1.165) is 31.8 Å². The third-order valence-electron chi connectivity index (χ3n) is 4.83. The number of hydrogen-bond acceptors (Lipinski definition) is 4. The van der Waals surface area contributed by atoms with Crippen molar-refractivity contribution in [1.82, 2.24) is 19.3 Å². The number of nitrogens with two attached hydrogens (primary N) is 1. The molecule has 0 bridgehead atoms. The molecular weight excluding hydrogens is 322 g/mol. The van der Waals surface area contributed by atoms with Crippen LogP contribution in [0.5, 0.6) is 0 Å². The van der Waals surface area contributed by atoms with Gasteiger partial charge in [0.2, 0.25) is 0 Å². The van der Waals surface area contributed by atoms with E-state index < -0.39 is 0 Å². The van der Waals surface area contributed by atoms with Gasteiger partial charge in [0.15, 0.2) is 5.65 Å². The largest absolute Gasteiger partial charge is 0.330 e. The van der Waals surface area contributed by atoms with Gasteiger partial charge in [-0.15, -0.1) is 12.4 Å². The van der Waals surface area contributed by atoms with E-state index in [9.17, 15) is 0 Å². The van der Waals surface area contributed by atoms with Crippen LogP contribution in [0.1, 0.15) is 17.2 Å². The van der Waals surface area contributed by atoms with E-state index in [2.05, 4.69) is 49.6 Å². The number of benzene rings is 1. The summed E-state index contributed by atoms with van der Waals surface area (Å²) in [5, 5.41) is 0. The number of nitrogens with zero attached hydrogens (tertiary/aromatic N) is 4. The summed E-state index contributed by atoms with van der Waals surface area (Å²) >= 11 is 0. The lowest BCUT2D eigenvalue weighted by Gasteiger charge is -2.16. The van der Waals surface area contributed by atoms with Crippen LogP contribution in [0.4, 0.5) is 0 Å². The van der Waals surface area contributed by atoms with Crippen molar-refractivity contribution in [3.05, 3.63) is 66.4 Å². The molecule has 5 nitrogen and oxygen atoms in total. The minimum absolute atomic E-state index is 0. The normalized spacial score (nSPS) is 21.0. The third kappa shape index (κ3) is 3.15. The summed E-state index contributed by atoms with van der Waals surface area (Å²) in [5.41, 5.74) is 9.53. The maximum absolute atomic E-state index is 6.04. The zero-order valence-electron chi connectivity index (χ0n) is 13.5. The number of halogens is 1. The van der Waals surface area contributed by atoms with Gasteiger partial charge in [-0.3, -0.25) is 14.3 Å². The summed E-state index contributed by atoms with van der Waals surface area (Å²) < 4.78 is 2.11. The molecule has 24 heavy (non-hydrogen) atoms. The SMILES string of the molecule is Cl.NC[C@@H]1CN(Cc2cnc3cnccn23)C[C@H]1c1ccccc1. The van der Waals surface area contributed by atoms with E-state index in [4.69, 9.17) is 5.73 Å². The van der Waals surface area contributed by atoms with Crippen LogP contribution in [0.25, 0.3) is 5.65 Å². The monoisotopic (exact) mass is 343 g/mol. The Kier molecular flexibility index (Phi) is 5.14. The van der Waals surface area contributed by atoms with Gasteiger partial charge in [0, 0.05) is 37.9 Å². The molecule has 0 spiro atoms. The second-order valence-corrected chi connectivity index (χ2v) is 6.26. The molecule has 0 amide bonds. The highest BCUT2D eigenvalue weighted by Gasteiger charge is 2.32. The van der Waals surface area contributed by atoms with Gasteiger partial charge in [-0.05, 0) is 18.0 Å². The third-order valence-corrected chi connectivity index (χ3v) is 4.83. The first-order valence-electron chi connectivity index (χ1n) is 8.08. The molecule has 3 heterocycles. The van der Waals surface area contributed by atoms with Gasteiger partial charge >= 0.3 is 0 Å². The Morgan fingerprint density at radius 1 is 1.12 bits per heavy atom. The lowest BCUT2D eigenvalue weighted by Crippen LogP contribution is -2.23. The molecule has 2 N–H and O–H groups in total. The average Bonchev–Trinajstić information content (AvgIpc) is 3.20. The van der Waals surface area contributed by atoms with Crippen LogP contribution in [0.2, 0.25) is 0 Å². The Morgan fingerprint density at radius 2 is 1.96 bits per heavy atom. The van der Waals surface area contributed by atoms with E-state index in [1.807, 2.05) is 12.4 Å². The van der Waals surface area contributed by atoms with Crippen molar-refractivity contribution in [2.45, 2.75) is 12.5 Å². The Balaban J connectivity index is 0.00000169. The average molecular weight is 344 g/mol. The van der Waals surface area contributed by atoms with Gasteiger partial charge in [0.1, 0.15) is 0 Å². The maximum atomic E-state index is 6.04. The summed E-state index contributed by atoms with van der Waals surface area (Å²) in [5.74, 6) is 1.03. The molecule has 126 valence electrons. The molecule has 1 aliphatic rings. The number of rotatable bonds is 4. The van der Waals surface area contributed by atoms with E-state index in [1.54, 1.807) is 12.4 Å². The smallest absolute Gasteiger partial charge is 0.155 e. The van der Waals surface area contributed by atoms with Gasteiger partial charge in [-0.25, -0.2) is 4.98 Å². The van der Waals surface area contributed by atoms with Crippen LogP contribution >= 0.6 is 12.4 Å². The van der Waals surface area contributed by atoms with E-state index in [-0.39, 0.29) is 12.4 Å². The lowest BCUT2D eigenvalue weighted by atomic mass is 9.89. The minimum Gasteiger partial charge on any atom is -0.330 e. The number of fused-ring (bicyclic) bond motifs is 1. The molecular formula is C18H22ClN5. The van der Waals surface area contributed by atoms with Crippen molar-refractivity contribution in [3.63, 3.8) is 0 Å². The molecule has 6 heteroatoms. The van der Waals surface area contributed by atoms with Gasteiger partial charge in [0.25, 0.3) is 0 Å². The maximum Gasteiger partial charge on any atom is 0.155 e.